The molecule has 0 aliphatic heterocycles. The van der Waals surface area contributed by atoms with Crippen LogP contribution in [0.25, 0.3) is 0 Å². The van der Waals surface area contributed by atoms with E-state index in [1.165, 1.54) is 11.8 Å². The first kappa shape index (κ1) is 17.8. The summed E-state index contributed by atoms with van der Waals surface area (Å²) in [5.41, 5.74) is 0.331. The van der Waals surface area contributed by atoms with Crippen molar-refractivity contribution in [2.45, 2.75) is 14.1 Å². The fourth-order valence-electron chi connectivity index (χ4n) is 1.66. The molecule has 0 heterocycles. The Balaban J connectivity index is 2.17. The summed E-state index contributed by atoms with van der Waals surface area (Å²) in [4.78, 5) is 13.2. The first-order valence-corrected chi connectivity index (χ1v) is 8.61. The first-order chi connectivity index (χ1) is 10.4. The molecule has 0 unspecified atom stereocenters. The molecule has 22 heavy (non-hydrogen) atoms. The number of alkyl halides is 3. The molecule has 1 atom stereocenters. The highest BCUT2D eigenvalue weighted by Gasteiger charge is 2.35. The Morgan fingerprint density at radius 3 is 2.18 bits per heavy atom. The third-order valence-electron chi connectivity index (χ3n) is 2.68. The van der Waals surface area contributed by atoms with E-state index in [0.29, 0.717) is 10.6 Å². The molecule has 2 aromatic carbocycles. The minimum Gasteiger partial charge on any atom is -0.336 e. The summed E-state index contributed by atoms with van der Waals surface area (Å²) in [5.74, 6) is -0.398. The Morgan fingerprint density at radius 1 is 1.00 bits per heavy atom. The predicted octanol–water partition coefficient (Wildman–Crippen LogP) is 5.56. The third kappa shape index (κ3) is 4.97. The standard InChI is InChI=1S/C15H11Cl4NOS/c16-12-9-5-4-8-11(12)13(21)20-14(15(17,18)19)22-10-6-2-1-3-7-10/h1-9,14H,(H,20,21)/t14-/m1/s1. The number of halogens is 4. The van der Waals surface area contributed by atoms with Gasteiger partial charge < -0.3 is 5.32 Å². The lowest BCUT2D eigenvalue weighted by atomic mass is 10.2. The lowest BCUT2D eigenvalue weighted by molar-refractivity contribution is 0.0950. The van der Waals surface area contributed by atoms with Crippen LogP contribution < -0.4 is 5.32 Å². The molecule has 116 valence electrons. The topological polar surface area (TPSA) is 29.1 Å². The predicted molar refractivity (Wildman–Crippen MR) is 95.3 cm³/mol. The van der Waals surface area contributed by atoms with Crippen molar-refractivity contribution >= 4 is 64.1 Å². The normalized spacial score (nSPS) is 12.7. The van der Waals surface area contributed by atoms with Crippen molar-refractivity contribution in [3.05, 3.63) is 65.2 Å². The molecule has 0 aliphatic rings. The molecule has 0 saturated carbocycles. The van der Waals surface area contributed by atoms with Gasteiger partial charge in [0.25, 0.3) is 5.91 Å². The summed E-state index contributed by atoms with van der Waals surface area (Å²) in [7, 11) is 0. The van der Waals surface area contributed by atoms with Crippen LogP contribution in [0.5, 0.6) is 0 Å². The maximum absolute atomic E-state index is 12.3. The van der Waals surface area contributed by atoms with Crippen molar-refractivity contribution < 1.29 is 4.79 Å². The molecule has 0 bridgehead atoms. The maximum Gasteiger partial charge on any atom is 0.253 e. The van der Waals surface area contributed by atoms with Crippen LogP contribution in [0.2, 0.25) is 5.02 Å². The zero-order valence-corrected chi connectivity index (χ0v) is 14.9. The van der Waals surface area contributed by atoms with E-state index in [0.717, 1.165) is 4.90 Å². The van der Waals surface area contributed by atoms with Gasteiger partial charge >= 0.3 is 0 Å². The van der Waals surface area contributed by atoms with E-state index in [1.807, 2.05) is 30.3 Å². The number of carbonyl (C=O) groups excluding carboxylic acids is 1. The Bertz CT molecular complexity index is 645. The molecule has 2 nitrogen and oxygen atoms in total. The number of hydrogen-bond donors (Lipinski definition) is 1. The van der Waals surface area contributed by atoms with E-state index >= 15 is 0 Å². The van der Waals surface area contributed by atoms with E-state index < -0.39 is 15.1 Å². The number of nitrogens with one attached hydrogen (secondary N) is 1. The van der Waals surface area contributed by atoms with Crippen LogP contribution in [-0.4, -0.2) is 15.1 Å². The summed E-state index contributed by atoms with van der Waals surface area (Å²) >= 11 is 25.2. The molecule has 0 fully saturated rings. The Labute approximate surface area is 153 Å². The molecule has 2 rings (SSSR count). The number of thioether (sulfide) groups is 1. The zero-order valence-electron chi connectivity index (χ0n) is 11.1. The highest BCUT2D eigenvalue weighted by molar-refractivity contribution is 8.00. The SMILES string of the molecule is O=C(N[C@H](Sc1ccccc1)C(Cl)(Cl)Cl)c1ccccc1Cl. The van der Waals surface area contributed by atoms with Gasteiger partial charge in [-0.15, -0.1) is 0 Å². The van der Waals surface area contributed by atoms with Crippen LogP contribution >= 0.6 is 58.2 Å². The molecule has 0 spiro atoms. The van der Waals surface area contributed by atoms with E-state index in [9.17, 15) is 4.79 Å². The van der Waals surface area contributed by atoms with Gasteiger partial charge in [-0.2, -0.15) is 0 Å². The molecule has 1 N–H and O–H groups in total. The van der Waals surface area contributed by atoms with Gasteiger partial charge in [0.1, 0.15) is 5.37 Å². The molecule has 0 radical (unpaired) electrons. The number of rotatable bonds is 4. The second-order valence-corrected chi connectivity index (χ2v) is 8.26. The second kappa shape index (κ2) is 7.80. The third-order valence-corrected chi connectivity index (χ3v) is 5.30. The van der Waals surface area contributed by atoms with Crippen molar-refractivity contribution in [3.63, 3.8) is 0 Å². The average Bonchev–Trinajstić information content (AvgIpc) is 2.47. The first-order valence-electron chi connectivity index (χ1n) is 6.22. The van der Waals surface area contributed by atoms with Gasteiger partial charge in [0.05, 0.1) is 10.6 Å². The molecule has 1 amide bonds. The number of benzene rings is 2. The van der Waals surface area contributed by atoms with E-state index in [-0.39, 0.29) is 0 Å². The highest BCUT2D eigenvalue weighted by Crippen LogP contribution is 2.39. The summed E-state index contributed by atoms with van der Waals surface area (Å²) in [6.07, 6.45) is 0. The minimum atomic E-state index is -1.67. The monoisotopic (exact) mass is 393 g/mol. The molecule has 2 aromatic rings. The van der Waals surface area contributed by atoms with Crippen molar-refractivity contribution in [2.24, 2.45) is 0 Å². The van der Waals surface area contributed by atoms with E-state index in [2.05, 4.69) is 5.32 Å². The molecule has 0 aliphatic carbocycles. The maximum atomic E-state index is 12.3. The van der Waals surface area contributed by atoms with Crippen molar-refractivity contribution in [1.82, 2.24) is 5.32 Å². The Morgan fingerprint density at radius 2 is 1.59 bits per heavy atom. The van der Waals surface area contributed by atoms with Gasteiger partial charge in [0, 0.05) is 4.90 Å². The van der Waals surface area contributed by atoms with Crippen molar-refractivity contribution in [2.75, 3.05) is 0 Å². The summed E-state index contributed by atoms with van der Waals surface area (Å²) < 4.78 is -1.67. The fraction of sp³-hybridized carbons (Fsp3) is 0.133. The Hall–Kier alpha value is -0.580. The molecular weight excluding hydrogens is 384 g/mol. The number of hydrogen-bond acceptors (Lipinski definition) is 2. The van der Waals surface area contributed by atoms with Gasteiger partial charge in [-0.3, -0.25) is 4.79 Å². The lowest BCUT2D eigenvalue weighted by Gasteiger charge is -2.25. The Kier molecular flexibility index (Phi) is 6.30. The lowest BCUT2D eigenvalue weighted by Crippen LogP contribution is -2.41. The van der Waals surface area contributed by atoms with E-state index in [4.69, 9.17) is 46.4 Å². The summed E-state index contributed by atoms with van der Waals surface area (Å²) in [6, 6.07) is 16.1. The largest absolute Gasteiger partial charge is 0.336 e. The number of carbonyl (C=O) groups is 1. The molecule has 0 aromatic heterocycles. The van der Waals surface area contributed by atoms with Crippen LogP contribution in [0.3, 0.4) is 0 Å². The van der Waals surface area contributed by atoms with Crippen LogP contribution in [0.4, 0.5) is 0 Å². The van der Waals surface area contributed by atoms with Crippen LogP contribution in [0.15, 0.2) is 59.5 Å². The van der Waals surface area contributed by atoms with E-state index in [1.54, 1.807) is 24.3 Å². The van der Waals surface area contributed by atoms with Gasteiger partial charge in [0.2, 0.25) is 3.79 Å². The fourth-order valence-corrected chi connectivity index (χ4v) is 3.33. The minimum absolute atomic E-state index is 0.331. The van der Waals surface area contributed by atoms with Gasteiger partial charge in [0.15, 0.2) is 0 Å². The quantitative estimate of drug-likeness (QED) is 0.417. The van der Waals surface area contributed by atoms with Crippen molar-refractivity contribution in [3.8, 4) is 0 Å². The van der Waals surface area contributed by atoms with Crippen LogP contribution in [-0.2, 0) is 0 Å². The molecular formula is C15H11Cl4NOS. The summed E-state index contributed by atoms with van der Waals surface area (Å²) in [5, 5.41) is 2.29. The van der Waals surface area contributed by atoms with Crippen LogP contribution in [0, 0.1) is 0 Å². The van der Waals surface area contributed by atoms with Crippen LogP contribution in [0.1, 0.15) is 10.4 Å². The van der Waals surface area contributed by atoms with Gasteiger partial charge in [-0.25, -0.2) is 0 Å². The molecule has 0 saturated heterocycles. The average molecular weight is 395 g/mol. The number of amides is 1. The highest BCUT2D eigenvalue weighted by atomic mass is 35.6. The zero-order chi connectivity index (χ0) is 16.2. The molecule has 7 heteroatoms. The van der Waals surface area contributed by atoms with Gasteiger partial charge in [-0.05, 0) is 24.3 Å². The van der Waals surface area contributed by atoms with Crippen molar-refractivity contribution in [1.29, 1.82) is 0 Å². The summed E-state index contributed by atoms with van der Waals surface area (Å²) in [6.45, 7) is 0. The second-order valence-electron chi connectivity index (χ2n) is 4.31. The smallest absolute Gasteiger partial charge is 0.253 e. The van der Waals surface area contributed by atoms with Gasteiger partial charge in [-0.1, -0.05) is 88.5 Å².